The molecular weight excluding hydrogens is 270 g/mol. The zero-order valence-electron chi connectivity index (χ0n) is 8.92. The molecule has 0 radical (unpaired) electrons. The number of hydrogen-bond acceptors (Lipinski definition) is 2. The molecule has 1 N–H and O–H groups in total. The molecule has 16 heavy (non-hydrogen) atoms. The van der Waals surface area contributed by atoms with Crippen molar-refractivity contribution in [2.24, 2.45) is 0 Å². The number of amides is 1. The van der Waals surface area contributed by atoms with Gasteiger partial charge in [-0.1, -0.05) is 22.9 Å². The zero-order chi connectivity index (χ0) is 11.5. The first kappa shape index (κ1) is 11.2. The van der Waals surface area contributed by atoms with Gasteiger partial charge in [0.25, 0.3) is 5.91 Å². The van der Waals surface area contributed by atoms with Crippen molar-refractivity contribution in [3.63, 3.8) is 0 Å². The molecule has 1 aromatic carbocycles. The fourth-order valence-electron chi connectivity index (χ4n) is 1.44. The quantitative estimate of drug-likeness (QED) is 0.938. The molecule has 0 atom stereocenters. The number of furan rings is 1. The molecule has 0 aliphatic carbocycles. The van der Waals surface area contributed by atoms with Crippen molar-refractivity contribution in [2.45, 2.75) is 13.3 Å². The second-order valence-corrected chi connectivity index (χ2v) is 4.46. The number of benzene rings is 1. The number of rotatable bonds is 3. The molecule has 0 aliphatic rings. The number of carbonyl (C=O) groups excluding carboxylic acids is 1. The van der Waals surface area contributed by atoms with Crippen LogP contribution in [0.2, 0.25) is 0 Å². The van der Waals surface area contributed by atoms with Crippen molar-refractivity contribution in [2.75, 3.05) is 6.54 Å². The Balaban J connectivity index is 2.28. The fraction of sp³-hybridized carbons (Fsp3) is 0.250. The lowest BCUT2D eigenvalue weighted by atomic mass is 10.2. The molecule has 84 valence electrons. The van der Waals surface area contributed by atoms with Gasteiger partial charge in [-0.2, -0.15) is 0 Å². The van der Waals surface area contributed by atoms with Crippen LogP contribution in [0, 0.1) is 0 Å². The first-order valence-corrected chi connectivity index (χ1v) is 5.97. The summed E-state index contributed by atoms with van der Waals surface area (Å²) in [4.78, 5) is 11.6. The Bertz CT molecular complexity index is 519. The lowest BCUT2D eigenvalue weighted by Crippen LogP contribution is -2.23. The highest BCUT2D eigenvalue weighted by Crippen LogP contribution is 2.23. The van der Waals surface area contributed by atoms with Crippen LogP contribution >= 0.6 is 15.9 Å². The van der Waals surface area contributed by atoms with Gasteiger partial charge in [0.2, 0.25) is 0 Å². The number of nitrogens with one attached hydrogen (secondary N) is 1. The first-order valence-electron chi connectivity index (χ1n) is 5.18. The van der Waals surface area contributed by atoms with Gasteiger partial charge in [-0.15, -0.1) is 0 Å². The van der Waals surface area contributed by atoms with Gasteiger partial charge in [-0.25, -0.2) is 0 Å². The highest BCUT2D eigenvalue weighted by Gasteiger charge is 2.11. The Labute approximate surface area is 102 Å². The molecular formula is C12H12BrNO2. The van der Waals surface area contributed by atoms with Crippen LogP contribution in [0.15, 0.2) is 33.2 Å². The number of halogens is 1. The summed E-state index contributed by atoms with van der Waals surface area (Å²) in [5, 5.41) is 3.71. The minimum Gasteiger partial charge on any atom is -0.451 e. The van der Waals surface area contributed by atoms with Crippen molar-refractivity contribution in [3.8, 4) is 0 Å². The molecule has 1 amide bonds. The van der Waals surface area contributed by atoms with Crippen LogP contribution in [-0.2, 0) is 0 Å². The molecule has 4 heteroatoms. The van der Waals surface area contributed by atoms with E-state index in [2.05, 4.69) is 21.2 Å². The van der Waals surface area contributed by atoms with E-state index in [1.54, 1.807) is 6.07 Å². The highest BCUT2D eigenvalue weighted by molar-refractivity contribution is 9.10. The topological polar surface area (TPSA) is 42.2 Å². The van der Waals surface area contributed by atoms with Crippen LogP contribution in [0.5, 0.6) is 0 Å². The maximum absolute atomic E-state index is 11.6. The van der Waals surface area contributed by atoms with Gasteiger partial charge in [-0.3, -0.25) is 4.79 Å². The largest absolute Gasteiger partial charge is 0.451 e. The summed E-state index contributed by atoms with van der Waals surface area (Å²) >= 11 is 3.36. The van der Waals surface area contributed by atoms with Gasteiger partial charge >= 0.3 is 0 Å². The molecule has 2 aromatic rings. The van der Waals surface area contributed by atoms with E-state index in [0.717, 1.165) is 21.9 Å². The average molecular weight is 282 g/mol. The van der Waals surface area contributed by atoms with Crippen molar-refractivity contribution >= 4 is 32.8 Å². The van der Waals surface area contributed by atoms with Crippen molar-refractivity contribution < 1.29 is 9.21 Å². The molecule has 0 saturated heterocycles. The monoisotopic (exact) mass is 281 g/mol. The van der Waals surface area contributed by atoms with Gasteiger partial charge in [0.1, 0.15) is 5.58 Å². The summed E-state index contributed by atoms with van der Waals surface area (Å²) in [6.45, 7) is 2.68. The van der Waals surface area contributed by atoms with Crippen LogP contribution in [0.25, 0.3) is 11.0 Å². The normalized spacial score (nSPS) is 10.6. The van der Waals surface area contributed by atoms with Crippen molar-refractivity contribution in [1.29, 1.82) is 0 Å². The summed E-state index contributed by atoms with van der Waals surface area (Å²) in [6.07, 6.45) is 0.914. The van der Waals surface area contributed by atoms with E-state index in [1.807, 2.05) is 25.1 Å². The van der Waals surface area contributed by atoms with E-state index >= 15 is 0 Å². The zero-order valence-corrected chi connectivity index (χ0v) is 10.5. The van der Waals surface area contributed by atoms with E-state index in [1.165, 1.54) is 0 Å². The minimum absolute atomic E-state index is 0.158. The second kappa shape index (κ2) is 4.70. The standard InChI is InChI=1S/C12H12BrNO2/c1-2-5-14-12(15)11-6-8-3-4-9(13)7-10(8)16-11/h3-4,6-7H,2,5H2,1H3,(H,14,15). The Hall–Kier alpha value is -1.29. The number of hydrogen-bond donors (Lipinski definition) is 1. The number of fused-ring (bicyclic) bond motifs is 1. The smallest absolute Gasteiger partial charge is 0.287 e. The maximum atomic E-state index is 11.6. The van der Waals surface area contributed by atoms with E-state index in [0.29, 0.717) is 12.3 Å². The first-order chi connectivity index (χ1) is 7.70. The molecule has 3 nitrogen and oxygen atoms in total. The Kier molecular flexibility index (Phi) is 3.29. The third-order valence-corrected chi connectivity index (χ3v) is 2.73. The van der Waals surface area contributed by atoms with E-state index in [9.17, 15) is 4.79 Å². The Morgan fingerprint density at radius 1 is 1.44 bits per heavy atom. The van der Waals surface area contributed by atoms with Gasteiger partial charge < -0.3 is 9.73 Å². The predicted octanol–water partition coefficient (Wildman–Crippen LogP) is 3.34. The van der Waals surface area contributed by atoms with Gasteiger partial charge in [0.05, 0.1) is 0 Å². The Morgan fingerprint density at radius 2 is 2.25 bits per heavy atom. The second-order valence-electron chi connectivity index (χ2n) is 3.55. The van der Waals surface area contributed by atoms with Crippen LogP contribution in [-0.4, -0.2) is 12.5 Å². The van der Waals surface area contributed by atoms with E-state index in [-0.39, 0.29) is 5.91 Å². The van der Waals surface area contributed by atoms with Crippen molar-refractivity contribution in [1.82, 2.24) is 5.32 Å². The molecule has 0 saturated carbocycles. The SMILES string of the molecule is CCCNC(=O)c1cc2ccc(Br)cc2o1. The molecule has 0 bridgehead atoms. The van der Waals surface area contributed by atoms with Crippen molar-refractivity contribution in [3.05, 3.63) is 34.5 Å². The summed E-state index contributed by atoms with van der Waals surface area (Å²) in [5.74, 6) is 0.204. The summed E-state index contributed by atoms with van der Waals surface area (Å²) in [7, 11) is 0. The lowest BCUT2D eigenvalue weighted by Gasteiger charge is -1.98. The van der Waals surface area contributed by atoms with Crippen LogP contribution in [0.3, 0.4) is 0 Å². The summed E-state index contributed by atoms with van der Waals surface area (Å²) in [6, 6.07) is 7.45. The van der Waals surface area contributed by atoms with Crippen LogP contribution in [0.1, 0.15) is 23.9 Å². The lowest BCUT2D eigenvalue weighted by molar-refractivity contribution is 0.0928. The van der Waals surface area contributed by atoms with Crippen LogP contribution in [0.4, 0.5) is 0 Å². The van der Waals surface area contributed by atoms with Gasteiger partial charge in [0, 0.05) is 16.4 Å². The molecule has 0 fully saturated rings. The summed E-state index contributed by atoms with van der Waals surface area (Å²) < 4.78 is 6.41. The van der Waals surface area contributed by atoms with Crippen LogP contribution < -0.4 is 5.32 Å². The molecule has 1 heterocycles. The van der Waals surface area contributed by atoms with Gasteiger partial charge in [0.15, 0.2) is 5.76 Å². The third kappa shape index (κ3) is 2.27. The Morgan fingerprint density at radius 3 is 3.00 bits per heavy atom. The van der Waals surface area contributed by atoms with Gasteiger partial charge in [-0.05, 0) is 30.7 Å². The number of carbonyl (C=O) groups is 1. The maximum Gasteiger partial charge on any atom is 0.287 e. The average Bonchev–Trinajstić information content (AvgIpc) is 2.68. The molecule has 2 rings (SSSR count). The highest BCUT2D eigenvalue weighted by atomic mass is 79.9. The third-order valence-electron chi connectivity index (χ3n) is 2.24. The molecule has 0 aliphatic heterocycles. The molecule has 0 spiro atoms. The van der Waals surface area contributed by atoms with E-state index in [4.69, 9.17) is 4.42 Å². The predicted molar refractivity (Wildman–Crippen MR) is 66.5 cm³/mol. The minimum atomic E-state index is -0.158. The molecule has 1 aromatic heterocycles. The fourth-order valence-corrected chi connectivity index (χ4v) is 1.78. The van der Waals surface area contributed by atoms with E-state index < -0.39 is 0 Å². The summed E-state index contributed by atoms with van der Waals surface area (Å²) in [5.41, 5.74) is 0.719. The molecule has 0 unspecified atom stereocenters.